The lowest BCUT2D eigenvalue weighted by molar-refractivity contribution is 0.146. The van der Waals surface area contributed by atoms with Crippen molar-refractivity contribution >= 4 is 0 Å². The van der Waals surface area contributed by atoms with Gasteiger partial charge in [0.15, 0.2) is 0 Å². The van der Waals surface area contributed by atoms with Crippen LogP contribution in [0.1, 0.15) is 26.2 Å². The second-order valence-corrected chi connectivity index (χ2v) is 5.73. The van der Waals surface area contributed by atoms with Gasteiger partial charge in [0.25, 0.3) is 0 Å². The van der Waals surface area contributed by atoms with Crippen molar-refractivity contribution in [2.24, 2.45) is 11.3 Å². The standard InChI is InChI=1S/C12H18N2/c1-12-4-7-14(8-12)11-10(12)9-2-5-13(11)6-3-9/h9H,2-8H2,1H3/t12-/m1/s1. The van der Waals surface area contributed by atoms with E-state index in [0.717, 1.165) is 5.92 Å². The molecule has 5 aliphatic rings. The maximum Gasteiger partial charge on any atom is 0.104 e. The highest BCUT2D eigenvalue weighted by Crippen LogP contribution is 2.55. The van der Waals surface area contributed by atoms with Crippen molar-refractivity contribution in [2.75, 3.05) is 26.2 Å². The van der Waals surface area contributed by atoms with E-state index >= 15 is 0 Å². The molecule has 0 aliphatic carbocycles. The van der Waals surface area contributed by atoms with Crippen molar-refractivity contribution in [3.05, 3.63) is 11.4 Å². The third-order valence-electron chi connectivity index (χ3n) is 4.87. The van der Waals surface area contributed by atoms with Crippen LogP contribution in [0, 0.1) is 11.3 Å². The molecular formula is C12H18N2. The largest absolute Gasteiger partial charge is 0.358 e. The van der Waals surface area contributed by atoms with Gasteiger partial charge in [-0.3, -0.25) is 0 Å². The minimum atomic E-state index is 0.569. The second kappa shape index (κ2) is 2.12. The van der Waals surface area contributed by atoms with Crippen molar-refractivity contribution in [3.8, 4) is 0 Å². The smallest absolute Gasteiger partial charge is 0.104 e. The maximum absolute atomic E-state index is 2.65. The second-order valence-electron chi connectivity index (χ2n) is 5.73. The van der Waals surface area contributed by atoms with Gasteiger partial charge in [0, 0.05) is 31.6 Å². The molecule has 2 saturated heterocycles. The molecule has 0 unspecified atom stereocenters. The molecule has 0 aromatic rings. The summed E-state index contributed by atoms with van der Waals surface area (Å²) in [5.41, 5.74) is 2.42. The zero-order valence-corrected chi connectivity index (χ0v) is 8.92. The van der Waals surface area contributed by atoms with E-state index in [-0.39, 0.29) is 0 Å². The molecule has 5 heterocycles. The van der Waals surface area contributed by atoms with Crippen molar-refractivity contribution in [2.45, 2.75) is 26.2 Å². The van der Waals surface area contributed by atoms with Crippen LogP contribution >= 0.6 is 0 Å². The fraction of sp³-hybridized carbons (Fsp3) is 0.833. The molecule has 0 N–H and O–H groups in total. The Kier molecular flexibility index (Phi) is 1.15. The van der Waals surface area contributed by atoms with Crippen LogP contribution in [-0.4, -0.2) is 36.0 Å². The summed E-state index contributed by atoms with van der Waals surface area (Å²) < 4.78 is 0. The summed E-state index contributed by atoms with van der Waals surface area (Å²) in [5.74, 6) is 2.62. The van der Waals surface area contributed by atoms with Gasteiger partial charge < -0.3 is 9.80 Å². The zero-order valence-electron chi connectivity index (χ0n) is 8.92. The predicted molar refractivity (Wildman–Crippen MR) is 55.6 cm³/mol. The molecule has 76 valence electrons. The van der Waals surface area contributed by atoms with Gasteiger partial charge in [-0.15, -0.1) is 0 Å². The van der Waals surface area contributed by atoms with Gasteiger partial charge in [0.1, 0.15) is 5.82 Å². The summed E-state index contributed by atoms with van der Waals surface area (Å²) in [6, 6.07) is 0. The molecule has 1 atom stereocenters. The van der Waals surface area contributed by atoms with Crippen LogP contribution in [0.15, 0.2) is 11.4 Å². The highest BCUT2D eigenvalue weighted by molar-refractivity contribution is 5.36. The predicted octanol–water partition coefficient (Wildman–Crippen LogP) is 1.65. The number of rotatable bonds is 0. The molecule has 2 fully saturated rings. The lowest BCUT2D eigenvalue weighted by atomic mass is 9.70. The Bertz CT molecular complexity index is 325. The molecule has 2 nitrogen and oxygen atoms in total. The molecule has 5 rings (SSSR count). The molecule has 5 aliphatic heterocycles. The number of fused-ring (bicyclic) bond motifs is 4. The lowest BCUT2D eigenvalue weighted by Gasteiger charge is -2.47. The van der Waals surface area contributed by atoms with Gasteiger partial charge in [-0.2, -0.15) is 0 Å². The third-order valence-corrected chi connectivity index (χ3v) is 4.87. The van der Waals surface area contributed by atoms with E-state index in [1.165, 1.54) is 45.4 Å². The Labute approximate surface area is 85.6 Å². The van der Waals surface area contributed by atoms with Crippen molar-refractivity contribution in [1.29, 1.82) is 0 Å². The van der Waals surface area contributed by atoms with Gasteiger partial charge in [-0.1, -0.05) is 6.92 Å². The van der Waals surface area contributed by atoms with Crippen LogP contribution in [0.5, 0.6) is 0 Å². The van der Waals surface area contributed by atoms with E-state index in [1.807, 2.05) is 5.57 Å². The van der Waals surface area contributed by atoms with Gasteiger partial charge in [0.05, 0.1) is 0 Å². The van der Waals surface area contributed by atoms with Crippen molar-refractivity contribution < 1.29 is 0 Å². The molecule has 0 amide bonds. The summed E-state index contributed by atoms with van der Waals surface area (Å²) >= 11 is 0. The van der Waals surface area contributed by atoms with Gasteiger partial charge in [0.2, 0.25) is 0 Å². The van der Waals surface area contributed by atoms with Crippen LogP contribution in [0.25, 0.3) is 0 Å². The fourth-order valence-corrected chi connectivity index (χ4v) is 4.23. The monoisotopic (exact) mass is 190 g/mol. The molecule has 14 heavy (non-hydrogen) atoms. The molecule has 0 aromatic heterocycles. The third kappa shape index (κ3) is 0.676. The number of hydrogen-bond donors (Lipinski definition) is 0. The highest BCUT2D eigenvalue weighted by Gasteiger charge is 2.53. The molecule has 0 radical (unpaired) electrons. The first-order valence-electron chi connectivity index (χ1n) is 6.02. The molecule has 0 aromatic carbocycles. The van der Waals surface area contributed by atoms with Gasteiger partial charge in [-0.05, 0) is 30.8 Å². The molecule has 0 spiro atoms. The Morgan fingerprint density at radius 3 is 2.64 bits per heavy atom. The number of hydrogen-bond acceptors (Lipinski definition) is 2. The van der Waals surface area contributed by atoms with Crippen LogP contribution in [0.2, 0.25) is 0 Å². The minimum Gasteiger partial charge on any atom is -0.358 e. The Hall–Kier alpha value is -0.660. The van der Waals surface area contributed by atoms with E-state index < -0.39 is 0 Å². The van der Waals surface area contributed by atoms with Crippen molar-refractivity contribution in [3.63, 3.8) is 0 Å². The van der Waals surface area contributed by atoms with E-state index in [1.54, 1.807) is 5.82 Å². The SMILES string of the molecule is C[C@@]12CCN(C1)C1=C2C2CCN1CC2. The van der Waals surface area contributed by atoms with Crippen LogP contribution < -0.4 is 0 Å². The number of nitrogens with zero attached hydrogens (tertiary/aromatic N) is 2. The average molecular weight is 190 g/mol. The van der Waals surface area contributed by atoms with Gasteiger partial charge >= 0.3 is 0 Å². The van der Waals surface area contributed by atoms with E-state index in [9.17, 15) is 0 Å². The summed E-state index contributed by atoms with van der Waals surface area (Å²) in [7, 11) is 0. The fourth-order valence-electron chi connectivity index (χ4n) is 4.23. The van der Waals surface area contributed by atoms with Gasteiger partial charge in [-0.25, -0.2) is 0 Å². The topological polar surface area (TPSA) is 6.48 Å². The van der Waals surface area contributed by atoms with E-state index in [4.69, 9.17) is 0 Å². The lowest BCUT2D eigenvalue weighted by Crippen LogP contribution is -2.45. The maximum atomic E-state index is 2.65. The minimum absolute atomic E-state index is 0.569. The molecule has 4 bridgehead atoms. The van der Waals surface area contributed by atoms with Crippen molar-refractivity contribution in [1.82, 2.24) is 9.80 Å². The normalized spacial score (nSPS) is 40.1. The summed E-state index contributed by atoms with van der Waals surface area (Å²) in [6.45, 7) is 7.80. The average Bonchev–Trinajstić information content (AvgIpc) is 2.75. The first-order chi connectivity index (χ1) is 6.78. The first kappa shape index (κ1) is 7.61. The zero-order chi connectivity index (χ0) is 9.34. The molecule has 2 heteroatoms. The Morgan fingerprint density at radius 1 is 1.14 bits per heavy atom. The quantitative estimate of drug-likeness (QED) is 0.573. The van der Waals surface area contributed by atoms with Crippen LogP contribution in [0.4, 0.5) is 0 Å². The number of piperidine rings is 1. The van der Waals surface area contributed by atoms with E-state index in [0.29, 0.717) is 5.41 Å². The summed E-state index contributed by atoms with van der Waals surface area (Å²) in [6.07, 6.45) is 4.28. The van der Waals surface area contributed by atoms with Crippen LogP contribution in [0.3, 0.4) is 0 Å². The Morgan fingerprint density at radius 2 is 1.93 bits per heavy atom. The Balaban J connectivity index is 1.92. The summed E-state index contributed by atoms with van der Waals surface area (Å²) in [4.78, 5) is 5.31. The van der Waals surface area contributed by atoms with Crippen LogP contribution in [-0.2, 0) is 0 Å². The first-order valence-corrected chi connectivity index (χ1v) is 6.02. The summed E-state index contributed by atoms with van der Waals surface area (Å²) in [5, 5.41) is 0. The molecule has 0 saturated carbocycles. The van der Waals surface area contributed by atoms with E-state index in [2.05, 4.69) is 16.7 Å². The molecular weight excluding hydrogens is 172 g/mol. The highest BCUT2D eigenvalue weighted by atomic mass is 15.4.